The van der Waals surface area contributed by atoms with Crippen molar-refractivity contribution in [2.75, 3.05) is 13.2 Å². The predicted octanol–water partition coefficient (Wildman–Crippen LogP) is 2.22. The van der Waals surface area contributed by atoms with E-state index in [2.05, 4.69) is 12.2 Å². The van der Waals surface area contributed by atoms with Gasteiger partial charge in [0.2, 0.25) is 11.8 Å². The van der Waals surface area contributed by atoms with Crippen LogP contribution in [0.25, 0.3) is 0 Å². The van der Waals surface area contributed by atoms with Gasteiger partial charge in [-0.1, -0.05) is 43.7 Å². The number of esters is 1. The quantitative estimate of drug-likeness (QED) is 0.492. The van der Waals surface area contributed by atoms with Crippen LogP contribution in [-0.2, 0) is 30.3 Å². The highest BCUT2D eigenvalue weighted by atomic mass is 16.6. The molecular formula is C27H38N2O6. The van der Waals surface area contributed by atoms with E-state index < -0.39 is 41.1 Å². The van der Waals surface area contributed by atoms with Crippen LogP contribution < -0.4 is 5.32 Å². The molecule has 3 aliphatic heterocycles. The molecule has 7 atom stereocenters. The summed E-state index contributed by atoms with van der Waals surface area (Å²) < 4.78 is 11.9. The zero-order valence-electron chi connectivity index (χ0n) is 21.2. The predicted molar refractivity (Wildman–Crippen MR) is 129 cm³/mol. The van der Waals surface area contributed by atoms with Gasteiger partial charge in [0.05, 0.1) is 30.8 Å². The Bertz CT molecular complexity index is 954. The summed E-state index contributed by atoms with van der Waals surface area (Å²) in [5, 5.41) is 13.5. The Morgan fingerprint density at radius 2 is 1.97 bits per heavy atom. The molecule has 3 aliphatic rings. The van der Waals surface area contributed by atoms with E-state index in [0.29, 0.717) is 19.3 Å². The minimum Gasteiger partial charge on any atom is -0.466 e. The van der Waals surface area contributed by atoms with Crippen LogP contribution in [0.2, 0.25) is 0 Å². The molecule has 3 fully saturated rings. The second-order valence-electron chi connectivity index (χ2n) is 10.4. The molecule has 0 saturated carbocycles. The van der Waals surface area contributed by atoms with Crippen LogP contribution in [0.5, 0.6) is 0 Å². The summed E-state index contributed by atoms with van der Waals surface area (Å²) in [7, 11) is 0. The summed E-state index contributed by atoms with van der Waals surface area (Å²) in [5.74, 6) is -2.67. The molecule has 1 aromatic rings. The fourth-order valence-corrected chi connectivity index (χ4v) is 6.61. The van der Waals surface area contributed by atoms with Gasteiger partial charge in [0.1, 0.15) is 17.6 Å². The van der Waals surface area contributed by atoms with Crippen LogP contribution in [0, 0.1) is 11.8 Å². The number of hydrogen-bond acceptors (Lipinski definition) is 6. The Kier molecular flexibility index (Phi) is 7.25. The number of hydrogen-bond donors (Lipinski definition) is 2. The topological polar surface area (TPSA) is 105 Å². The van der Waals surface area contributed by atoms with Crippen molar-refractivity contribution < 1.29 is 29.0 Å². The first kappa shape index (κ1) is 25.6. The van der Waals surface area contributed by atoms with Gasteiger partial charge in [0.15, 0.2) is 0 Å². The number of carbonyl (C=O) groups excluding carboxylic acids is 3. The Balaban J connectivity index is 1.75. The van der Waals surface area contributed by atoms with E-state index in [1.165, 1.54) is 4.90 Å². The van der Waals surface area contributed by atoms with E-state index in [-0.39, 0.29) is 31.1 Å². The number of ether oxygens (including phenoxy) is 2. The Hall–Kier alpha value is -2.45. The van der Waals surface area contributed by atoms with Crippen molar-refractivity contribution in [3.05, 3.63) is 35.9 Å². The maximum Gasteiger partial charge on any atom is 0.312 e. The van der Waals surface area contributed by atoms with Crippen molar-refractivity contribution >= 4 is 17.8 Å². The molecule has 2 amide bonds. The molecule has 8 heteroatoms. The van der Waals surface area contributed by atoms with Gasteiger partial charge in [-0.25, -0.2) is 0 Å². The monoisotopic (exact) mass is 486 g/mol. The first-order chi connectivity index (χ1) is 16.7. The maximum atomic E-state index is 14.1. The van der Waals surface area contributed by atoms with Crippen LogP contribution in [0.15, 0.2) is 30.3 Å². The molecule has 35 heavy (non-hydrogen) atoms. The maximum absolute atomic E-state index is 14.1. The zero-order valence-corrected chi connectivity index (χ0v) is 21.2. The van der Waals surface area contributed by atoms with Gasteiger partial charge in [0.25, 0.3) is 0 Å². The summed E-state index contributed by atoms with van der Waals surface area (Å²) in [6.07, 6.45) is 3.16. The molecule has 0 radical (unpaired) electrons. The molecular weight excluding hydrogens is 448 g/mol. The molecule has 2 bridgehead atoms. The first-order valence-corrected chi connectivity index (χ1v) is 12.9. The molecule has 8 nitrogen and oxygen atoms in total. The highest BCUT2D eigenvalue weighted by Gasteiger charge is 2.78. The summed E-state index contributed by atoms with van der Waals surface area (Å²) in [6, 6.07) is 7.96. The van der Waals surface area contributed by atoms with Gasteiger partial charge in [-0.05, 0) is 52.0 Å². The second-order valence-corrected chi connectivity index (χ2v) is 10.4. The van der Waals surface area contributed by atoms with E-state index in [0.717, 1.165) is 18.4 Å². The highest BCUT2D eigenvalue weighted by molar-refractivity contribution is 5.98. The molecule has 1 spiro atoms. The number of fused-ring (bicyclic) bond motifs is 1. The molecule has 3 saturated heterocycles. The number of amides is 2. The standard InChI is InChI=1S/C27H38N2O6/c1-5-10-17(3)28-23(31)22-27-14-13-26(4,35-27)21(25(33)34-6-2)20(27)24(32)29(22)19(16-30)15-18-11-8-7-9-12-18/h7-9,11-12,17,19-22,30H,5-6,10,13-16H2,1-4H3,(H,28,31)/t17?,19-,20+,21+,22?,26-,27?/m1/s1. The van der Waals surface area contributed by atoms with E-state index in [4.69, 9.17) is 9.47 Å². The molecule has 3 unspecified atom stereocenters. The van der Waals surface area contributed by atoms with Gasteiger partial charge in [-0.2, -0.15) is 0 Å². The number of benzene rings is 1. The van der Waals surface area contributed by atoms with Crippen molar-refractivity contribution in [1.29, 1.82) is 0 Å². The van der Waals surface area contributed by atoms with Gasteiger partial charge >= 0.3 is 5.97 Å². The van der Waals surface area contributed by atoms with E-state index in [1.54, 1.807) is 6.92 Å². The molecule has 4 rings (SSSR count). The number of nitrogens with one attached hydrogen (secondary N) is 1. The van der Waals surface area contributed by atoms with Crippen molar-refractivity contribution in [2.45, 2.75) is 89.1 Å². The van der Waals surface area contributed by atoms with Gasteiger partial charge in [-0.3, -0.25) is 14.4 Å². The summed E-state index contributed by atoms with van der Waals surface area (Å²) in [4.78, 5) is 42.5. The van der Waals surface area contributed by atoms with Crippen LogP contribution in [0.4, 0.5) is 0 Å². The molecule has 2 N–H and O–H groups in total. The summed E-state index contributed by atoms with van der Waals surface area (Å²) in [6.45, 7) is 7.48. The lowest BCUT2D eigenvalue weighted by molar-refractivity contribution is -0.160. The largest absolute Gasteiger partial charge is 0.466 e. The van der Waals surface area contributed by atoms with Crippen molar-refractivity contribution in [1.82, 2.24) is 10.2 Å². The molecule has 3 heterocycles. The smallest absolute Gasteiger partial charge is 0.312 e. The number of likely N-dealkylation sites (tertiary alicyclic amines) is 1. The SMILES string of the molecule is CCCC(C)NC(=O)C1N([C@@H](CO)Cc2ccccc2)C(=O)[C@@H]2[C@@H](C(=O)OCC)[C@@]3(C)CCC12O3. The van der Waals surface area contributed by atoms with E-state index in [9.17, 15) is 19.5 Å². The van der Waals surface area contributed by atoms with Gasteiger partial charge in [-0.15, -0.1) is 0 Å². The van der Waals surface area contributed by atoms with Crippen LogP contribution in [0.1, 0.15) is 58.9 Å². The number of nitrogens with zero attached hydrogens (tertiary/aromatic N) is 1. The Labute approximate surface area is 207 Å². The average Bonchev–Trinajstić information content (AvgIpc) is 3.39. The number of carbonyl (C=O) groups is 3. The number of aliphatic hydroxyl groups excluding tert-OH is 1. The van der Waals surface area contributed by atoms with E-state index in [1.807, 2.05) is 44.2 Å². The fourth-order valence-electron chi connectivity index (χ4n) is 6.61. The zero-order chi connectivity index (χ0) is 25.4. The summed E-state index contributed by atoms with van der Waals surface area (Å²) in [5.41, 5.74) is -1.03. The summed E-state index contributed by atoms with van der Waals surface area (Å²) >= 11 is 0. The lowest BCUT2D eigenvalue weighted by Crippen LogP contribution is -2.59. The average molecular weight is 487 g/mol. The van der Waals surface area contributed by atoms with E-state index >= 15 is 0 Å². The third-order valence-corrected chi connectivity index (χ3v) is 8.03. The molecule has 0 aromatic heterocycles. The fraction of sp³-hybridized carbons (Fsp3) is 0.667. The third kappa shape index (κ3) is 4.25. The number of aliphatic hydroxyl groups is 1. The highest BCUT2D eigenvalue weighted by Crippen LogP contribution is 2.63. The van der Waals surface area contributed by atoms with Crippen LogP contribution >= 0.6 is 0 Å². The normalized spacial score (nSPS) is 32.9. The number of rotatable bonds is 10. The van der Waals surface area contributed by atoms with Gasteiger partial charge < -0.3 is 24.8 Å². The Morgan fingerprint density at radius 3 is 2.60 bits per heavy atom. The minimum atomic E-state index is -1.12. The molecule has 1 aromatic carbocycles. The second kappa shape index (κ2) is 9.90. The third-order valence-electron chi connectivity index (χ3n) is 8.03. The van der Waals surface area contributed by atoms with Crippen molar-refractivity contribution in [3.8, 4) is 0 Å². The Morgan fingerprint density at radius 1 is 1.26 bits per heavy atom. The lowest BCUT2D eigenvalue weighted by atomic mass is 9.66. The van der Waals surface area contributed by atoms with Crippen molar-refractivity contribution in [2.24, 2.45) is 11.8 Å². The molecule has 0 aliphatic carbocycles. The minimum absolute atomic E-state index is 0.0726. The first-order valence-electron chi connectivity index (χ1n) is 12.9. The van der Waals surface area contributed by atoms with Crippen molar-refractivity contribution in [3.63, 3.8) is 0 Å². The van der Waals surface area contributed by atoms with Crippen LogP contribution in [-0.4, -0.2) is 70.3 Å². The molecule has 192 valence electrons. The lowest BCUT2D eigenvalue weighted by Gasteiger charge is -2.37. The van der Waals surface area contributed by atoms with Gasteiger partial charge in [0, 0.05) is 6.04 Å². The van der Waals surface area contributed by atoms with Crippen LogP contribution in [0.3, 0.4) is 0 Å².